The SMILES string of the molecule is COc1cc(/C=c2/sc3n(c2=O)[C@@H](c2cccs2)C2=C(N=3)c3ccccc3CC2)cc(Br)c1OCc1ccccc1. The number of benzene rings is 3. The number of nitrogens with zero attached hydrogens (tertiary/aromatic N) is 2. The third-order valence-electron chi connectivity index (χ3n) is 7.46. The van der Waals surface area contributed by atoms with Crippen LogP contribution in [-0.4, -0.2) is 11.7 Å². The van der Waals surface area contributed by atoms with E-state index in [2.05, 4.69) is 57.7 Å². The molecular formula is C33H25BrN2O3S2. The Hall–Kier alpha value is -3.72. The van der Waals surface area contributed by atoms with E-state index in [0.29, 0.717) is 22.6 Å². The van der Waals surface area contributed by atoms with Gasteiger partial charge in [-0.2, -0.15) is 0 Å². The van der Waals surface area contributed by atoms with Crippen molar-refractivity contribution >= 4 is 50.4 Å². The molecule has 3 heterocycles. The van der Waals surface area contributed by atoms with E-state index in [1.807, 2.05) is 53.1 Å². The fourth-order valence-electron chi connectivity index (χ4n) is 5.56. The lowest BCUT2D eigenvalue weighted by Gasteiger charge is -2.30. The lowest BCUT2D eigenvalue weighted by atomic mass is 9.85. The molecule has 8 heteroatoms. The minimum absolute atomic E-state index is 0.0305. The van der Waals surface area contributed by atoms with Gasteiger partial charge in [-0.05, 0) is 80.7 Å². The van der Waals surface area contributed by atoms with Gasteiger partial charge in [0.2, 0.25) is 0 Å². The molecule has 2 aromatic heterocycles. The van der Waals surface area contributed by atoms with E-state index in [4.69, 9.17) is 14.5 Å². The Labute approximate surface area is 253 Å². The molecule has 1 aliphatic heterocycles. The van der Waals surface area contributed by atoms with Crippen molar-refractivity contribution in [2.75, 3.05) is 7.11 Å². The second kappa shape index (κ2) is 10.9. The molecule has 7 rings (SSSR count). The maximum Gasteiger partial charge on any atom is 0.271 e. The van der Waals surface area contributed by atoms with E-state index in [-0.39, 0.29) is 11.6 Å². The van der Waals surface area contributed by atoms with Crippen LogP contribution in [0.1, 0.15) is 39.6 Å². The predicted molar refractivity (Wildman–Crippen MR) is 169 cm³/mol. The lowest BCUT2D eigenvalue weighted by molar-refractivity contribution is 0.282. The number of aromatic nitrogens is 1. The Morgan fingerprint density at radius 3 is 2.68 bits per heavy atom. The van der Waals surface area contributed by atoms with Crippen LogP contribution in [0.4, 0.5) is 0 Å². The van der Waals surface area contributed by atoms with Crippen LogP contribution >= 0.6 is 38.6 Å². The number of allylic oxidation sites excluding steroid dienone is 1. The molecular weight excluding hydrogens is 616 g/mol. The van der Waals surface area contributed by atoms with E-state index in [0.717, 1.165) is 43.8 Å². The highest BCUT2D eigenvalue weighted by molar-refractivity contribution is 9.10. The molecule has 0 N–H and O–H groups in total. The van der Waals surface area contributed by atoms with E-state index in [1.165, 1.54) is 28.0 Å². The van der Waals surface area contributed by atoms with Gasteiger partial charge in [-0.25, -0.2) is 4.99 Å². The first-order valence-corrected chi connectivity index (χ1v) is 15.8. The highest BCUT2D eigenvalue weighted by atomic mass is 79.9. The van der Waals surface area contributed by atoms with Crippen LogP contribution in [0.3, 0.4) is 0 Å². The topological polar surface area (TPSA) is 52.8 Å². The molecule has 41 heavy (non-hydrogen) atoms. The van der Waals surface area contributed by atoms with Gasteiger partial charge in [-0.3, -0.25) is 9.36 Å². The van der Waals surface area contributed by atoms with Crippen LogP contribution in [0.15, 0.2) is 104 Å². The Bertz CT molecular complexity index is 1980. The van der Waals surface area contributed by atoms with Crippen LogP contribution in [-0.2, 0) is 13.0 Å². The number of halogens is 1. The quantitative estimate of drug-likeness (QED) is 0.207. The van der Waals surface area contributed by atoms with Gasteiger partial charge < -0.3 is 9.47 Å². The number of thiazole rings is 1. The fraction of sp³-hybridized carbons (Fsp3) is 0.152. The molecule has 3 aromatic carbocycles. The van der Waals surface area contributed by atoms with Gasteiger partial charge in [-0.1, -0.05) is 72.0 Å². The molecule has 1 aliphatic carbocycles. The van der Waals surface area contributed by atoms with Crippen molar-refractivity contribution in [2.45, 2.75) is 25.5 Å². The van der Waals surface area contributed by atoms with E-state index < -0.39 is 0 Å². The highest BCUT2D eigenvalue weighted by Crippen LogP contribution is 2.42. The van der Waals surface area contributed by atoms with Gasteiger partial charge in [0.15, 0.2) is 16.3 Å². The van der Waals surface area contributed by atoms with Crippen LogP contribution in [0.25, 0.3) is 11.8 Å². The molecule has 0 fully saturated rings. The van der Waals surface area contributed by atoms with Crippen LogP contribution < -0.4 is 24.4 Å². The third kappa shape index (κ3) is 4.80. The summed E-state index contributed by atoms with van der Waals surface area (Å²) in [5, 5.41) is 2.08. The molecule has 0 spiro atoms. The maximum absolute atomic E-state index is 14.0. The number of fused-ring (bicyclic) bond motifs is 3. The predicted octanol–water partition coefficient (Wildman–Crippen LogP) is 6.73. The molecule has 1 atom stereocenters. The van der Waals surface area contributed by atoms with Crippen molar-refractivity contribution in [3.63, 3.8) is 0 Å². The average molecular weight is 642 g/mol. The summed E-state index contributed by atoms with van der Waals surface area (Å²) < 4.78 is 15.1. The van der Waals surface area contributed by atoms with Crippen molar-refractivity contribution in [2.24, 2.45) is 4.99 Å². The molecule has 2 aliphatic rings. The first-order valence-electron chi connectivity index (χ1n) is 13.3. The number of rotatable bonds is 6. The number of ether oxygens (including phenoxy) is 2. The van der Waals surface area contributed by atoms with Crippen molar-refractivity contribution < 1.29 is 9.47 Å². The second-order valence-corrected chi connectivity index (χ2v) is 12.8. The minimum atomic E-state index is -0.146. The molecule has 5 aromatic rings. The largest absolute Gasteiger partial charge is 0.493 e. The number of aryl methyl sites for hydroxylation is 1. The normalized spacial score (nSPS) is 16.0. The Kier molecular flexibility index (Phi) is 6.98. The van der Waals surface area contributed by atoms with Gasteiger partial charge >= 0.3 is 0 Å². The number of thiophene rings is 1. The number of methoxy groups -OCH3 is 1. The fourth-order valence-corrected chi connectivity index (χ4v) is 7.99. The van der Waals surface area contributed by atoms with Gasteiger partial charge in [-0.15, -0.1) is 11.3 Å². The van der Waals surface area contributed by atoms with Crippen molar-refractivity contribution in [3.8, 4) is 11.5 Å². The second-order valence-electron chi connectivity index (χ2n) is 9.94. The first kappa shape index (κ1) is 26.2. The molecule has 0 radical (unpaired) electrons. The maximum atomic E-state index is 14.0. The molecule has 0 amide bonds. The van der Waals surface area contributed by atoms with Crippen molar-refractivity contribution in [1.82, 2.24) is 4.57 Å². The Balaban J connectivity index is 1.32. The van der Waals surface area contributed by atoms with Gasteiger partial charge in [0.25, 0.3) is 5.56 Å². The van der Waals surface area contributed by atoms with Crippen LogP contribution in [0.2, 0.25) is 0 Å². The van der Waals surface area contributed by atoms with Crippen molar-refractivity contribution in [3.05, 3.63) is 141 Å². The van der Waals surface area contributed by atoms with Crippen LogP contribution in [0.5, 0.6) is 11.5 Å². The summed E-state index contributed by atoms with van der Waals surface area (Å²) in [5.74, 6) is 1.22. The summed E-state index contributed by atoms with van der Waals surface area (Å²) in [6.45, 7) is 0.421. The summed E-state index contributed by atoms with van der Waals surface area (Å²) in [6, 6.07) is 26.4. The molecule has 0 saturated heterocycles. The summed E-state index contributed by atoms with van der Waals surface area (Å²) in [4.78, 5) is 21.0. The molecule has 0 bridgehead atoms. The summed E-state index contributed by atoms with van der Waals surface area (Å²) in [6.07, 6.45) is 3.75. The van der Waals surface area contributed by atoms with Gasteiger partial charge in [0.1, 0.15) is 6.61 Å². The zero-order valence-corrected chi connectivity index (χ0v) is 25.4. The smallest absolute Gasteiger partial charge is 0.271 e. The molecule has 0 saturated carbocycles. The number of hydrogen-bond donors (Lipinski definition) is 0. The summed E-state index contributed by atoms with van der Waals surface area (Å²) in [5.41, 5.74) is 6.59. The first-order chi connectivity index (χ1) is 20.1. The monoisotopic (exact) mass is 640 g/mol. The summed E-state index contributed by atoms with van der Waals surface area (Å²) >= 11 is 6.78. The Morgan fingerprint density at radius 2 is 1.88 bits per heavy atom. The van der Waals surface area contributed by atoms with E-state index in [9.17, 15) is 4.79 Å². The standard InChI is InChI=1S/C33H25BrN2O3S2/c1-38-26-17-21(16-25(34)31(26)39-19-20-8-3-2-4-9-20)18-28-32(37)36-30(27-12-7-15-40-27)24-14-13-22-10-5-6-11-23(22)29(24)35-33(36)41-28/h2-12,15-18,30H,13-14,19H2,1H3/b28-18+/t30-/m1/s1. The highest BCUT2D eigenvalue weighted by Gasteiger charge is 2.33. The average Bonchev–Trinajstić information content (AvgIpc) is 3.64. The molecule has 204 valence electrons. The summed E-state index contributed by atoms with van der Waals surface area (Å²) in [7, 11) is 1.62. The third-order valence-corrected chi connectivity index (χ3v) is 9.96. The van der Waals surface area contributed by atoms with Crippen molar-refractivity contribution in [1.29, 1.82) is 0 Å². The molecule has 0 unspecified atom stereocenters. The van der Waals surface area contributed by atoms with E-state index >= 15 is 0 Å². The zero-order chi connectivity index (χ0) is 27.9. The zero-order valence-electron chi connectivity index (χ0n) is 22.2. The minimum Gasteiger partial charge on any atom is -0.493 e. The Morgan fingerprint density at radius 1 is 1.05 bits per heavy atom. The number of hydrogen-bond acceptors (Lipinski definition) is 6. The van der Waals surface area contributed by atoms with Gasteiger partial charge in [0, 0.05) is 10.4 Å². The van der Waals surface area contributed by atoms with Gasteiger partial charge in [0.05, 0.1) is 27.9 Å². The lowest BCUT2D eigenvalue weighted by Crippen LogP contribution is -2.38. The van der Waals surface area contributed by atoms with E-state index in [1.54, 1.807) is 18.4 Å². The van der Waals surface area contributed by atoms with Crippen LogP contribution in [0, 0.1) is 0 Å². The molecule has 5 nitrogen and oxygen atoms in total.